The van der Waals surface area contributed by atoms with E-state index < -0.39 is 0 Å². The number of H-pyrrole nitrogens is 2. The molecule has 0 aromatic carbocycles. The molecule has 0 bridgehead atoms. The van der Waals surface area contributed by atoms with Crippen LogP contribution in [0.5, 0.6) is 0 Å². The normalized spacial score (nSPS) is 8.75. The molecule has 0 radical (unpaired) electrons. The number of nitrogens with one attached hydrogen (secondary N) is 2. The van der Waals surface area contributed by atoms with Gasteiger partial charge in [0.15, 0.2) is 24.4 Å². The summed E-state index contributed by atoms with van der Waals surface area (Å²) in [6.07, 6.45) is 9.00. The number of hydrogen-bond donors (Lipinski definition) is 2. The van der Waals surface area contributed by atoms with Crippen molar-refractivity contribution in [1.29, 1.82) is 0 Å². The highest BCUT2D eigenvalue weighted by atomic mass is 32.1. The Hall–Kier alpha value is -7.13. The summed E-state index contributed by atoms with van der Waals surface area (Å²) in [5.41, 5.74) is 4.97. The van der Waals surface area contributed by atoms with Crippen LogP contribution >= 0.6 is 34.4 Å². The Bertz CT molecular complexity index is 2220. The van der Waals surface area contributed by atoms with Crippen LogP contribution in [-0.2, 0) is 7.05 Å². The first-order valence-corrected chi connectivity index (χ1v) is 25.3. The molecule has 10 aromatic heterocycles. The standard InChI is InChI=1S/2C5H7NO.C5H7NS.2C4H6N2O.2C4H6N2S.3C3H5N3.3C2H6/c3*1-4-5(2)7-3-6-4;4*1-3-5-4(2)7-6-3;1-6-3-4-2-5-6;2*1-3-4-2-5-6-3;3*1-2/h3*3H,1-2H3;4*1-2H3;2-3H,1H3;2*2H,1H3,(H,4,5,6);3*1-2H3. The van der Waals surface area contributed by atoms with Crippen LogP contribution in [0.4, 0.5) is 0 Å². The van der Waals surface area contributed by atoms with Gasteiger partial charge in [-0.1, -0.05) is 51.9 Å². The Kier molecular flexibility index (Phi) is 43.0. The van der Waals surface area contributed by atoms with Crippen molar-refractivity contribution in [1.82, 2.24) is 99.1 Å². The fourth-order valence-corrected chi connectivity index (χ4v) is 5.03. The molecule has 0 spiro atoms. The van der Waals surface area contributed by atoms with E-state index in [2.05, 4.69) is 110 Å². The molecule has 27 heteroatoms. The molecule has 24 nitrogen and oxygen atoms in total. The fourth-order valence-electron chi connectivity index (χ4n) is 3.49. The van der Waals surface area contributed by atoms with E-state index in [9.17, 15) is 0 Å². The van der Waals surface area contributed by atoms with E-state index in [1.807, 2.05) is 130 Å². The van der Waals surface area contributed by atoms with Gasteiger partial charge in [0.05, 0.1) is 22.6 Å². The second-order valence-electron chi connectivity index (χ2n) is 13.1. The molecule has 10 aromatic rings. The summed E-state index contributed by atoms with van der Waals surface area (Å²) in [4.78, 5) is 39.9. The molecule has 0 unspecified atom stereocenters. The zero-order valence-corrected chi connectivity index (χ0v) is 49.4. The van der Waals surface area contributed by atoms with Gasteiger partial charge in [0, 0.05) is 25.8 Å². The summed E-state index contributed by atoms with van der Waals surface area (Å²) in [7, 11) is 1.83. The molecule has 0 saturated carbocycles. The molecule has 404 valence electrons. The maximum Gasteiger partial charge on any atom is 0.223 e. The monoisotopic (exact) mass is 1070 g/mol. The number of aromatic amines is 2. The lowest BCUT2D eigenvalue weighted by Gasteiger charge is -1.77. The van der Waals surface area contributed by atoms with Crippen molar-refractivity contribution in [2.24, 2.45) is 7.05 Å². The van der Waals surface area contributed by atoms with E-state index in [1.54, 1.807) is 50.0 Å². The third kappa shape index (κ3) is 40.2. The van der Waals surface area contributed by atoms with Gasteiger partial charge >= 0.3 is 0 Å². The zero-order valence-electron chi connectivity index (χ0n) is 46.9. The van der Waals surface area contributed by atoms with Gasteiger partial charge in [-0.2, -0.15) is 34.0 Å². The van der Waals surface area contributed by atoms with Crippen molar-refractivity contribution in [2.45, 2.75) is 152 Å². The highest BCUT2D eigenvalue weighted by molar-refractivity contribution is 7.09. The van der Waals surface area contributed by atoms with E-state index >= 15 is 0 Å². The number of aromatic nitrogens is 20. The molecule has 10 rings (SSSR count). The van der Waals surface area contributed by atoms with E-state index in [1.165, 1.54) is 59.7 Å². The minimum absolute atomic E-state index is 0.623. The molecule has 0 aliphatic rings. The fraction of sp³-hybridized carbons (Fsp3) is 0.500. The molecule has 73 heavy (non-hydrogen) atoms. The van der Waals surface area contributed by atoms with Crippen molar-refractivity contribution >= 4 is 34.4 Å². The maximum absolute atomic E-state index is 4.85. The quantitative estimate of drug-likeness (QED) is 0.142. The predicted molar refractivity (Wildman–Crippen MR) is 287 cm³/mol. The molecule has 0 aliphatic carbocycles. The van der Waals surface area contributed by atoms with Crippen LogP contribution in [0, 0.1) is 111 Å². The Morgan fingerprint density at radius 1 is 0.479 bits per heavy atom. The van der Waals surface area contributed by atoms with Gasteiger partial charge in [-0.05, 0) is 120 Å². The molecule has 0 amide bonds. The molecule has 0 atom stereocenters. The summed E-state index contributed by atoms with van der Waals surface area (Å²) in [5.74, 6) is 7.90. The molecule has 10 heterocycles. The average Bonchev–Trinajstić information content (AvgIpc) is 4.20. The highest BCUT2D eigenvalue weighted by Gasteiger charge is 1.94. The van der Waals surface area contributed by atoms with E-state index in [4.69, 9.17) is 8.83 Å². The molecule has 0 saturated heterocycles. The first-order valence-electron chi connectivity index (χ1n) is 22.9. The summed E-state index contributed by atoms with van der Waals surface area (Å²) >= 11 is 4.58. The van der Waals surface area contributed by atoms with Crippen LogP contribution in [0.3, 0.4) is 0 Å². The summed E-state index contributed by atoms with van der Waals surface area (Å²) < 4.78 is 28.4. The Morgan fingerprint density at radius 3 is 0.973 bits per heavy atom. The lowest BCUT2D eigenvalue weighted by Crippen LogP contribution is -1.83. The van der Waals surface area contributed by atoms with Gasteiger partial charge in [-0.25, -0.2) is 39.9 Å². The van der Waals surface area contributed by atoms with E-state index in [0.717, 1.165) is 61.9 Å². The largest absolute Gasteiger partial charge is 0.449 e. The SMILES string of the molecule is CC.CC.CC.Cc1ncn[nH]1.Cc1ncn[nH]1.Cc1ncoc1C.Cc1ncoc1C.Cc1ncsc1C.Cc1noc(C)n1.Cc1noc(C)n1.Cc1nsc(C)n1.Cc1nsc(C)n1.Cn1cncn1. The number of thiazole rings is 1. The van der Waals surface area contributed by atoms with Gasteiger partial charge in [-0.15, -0.1) is 11.3 Å². The molecule has 2 N–H and O–H groups in total. The minimum Gasteiger partial charge on any atom is -0.449 e. The topological polar surface area (TPSA) is 308 Å². The van der Waals surface area contributed by atoms with Crippen LogP contribution in [0.25, 0.3) is 0 Å². The van der Waals surface area contributed by atoms with Crippen LogP contribution in [-0.4, -0.2) is 99.1 Å². The lowest BCUT2D eigenvalue weighted by atomic mass is 10.4. The lowest BCUT2D eigenvalue weighted by molar-refractivity contribution is 0.389. The first-order chi connectivity index (χ1) is 34.7. The Balaban J connectivity index is -0.000000737. The van der Waals surface area contributed by atoms with Crippen LogP contribution in [0.2, 0.25) is 0 Å². The number of oxazole rings is 2. The number of hydrogen-bond acceptors (Lipinski definition) is 24. The second-order valence-corrected chi connectivity index (χ2v) is 16.1. The minimum atomic E-state index is 0.623. The predicted octanol–water partition coefficient (Wildman–Crippen LogP) is 11.1. The maximum atomic E-state index is 4.85. The van der Waals surface area contributed by atoms with E-state index in [0.29, 0.717) is 23.4 Å². The van der Waals surface area contributed by atoms with Gasteiger partial charge in [0.25, 0.3) is 0 Å². The number of rotatable bonds is 0. The molecule has 0 aliphatic heterocycles. The van der Waals surface area contributed by atoms with Crippen molar-refractivity contribution in [3.63, 3.8) is 0 Å². The smallest absolute Gasteiger partial charge is 0.223 e. The molecular weight excluding hydrogens is 993 g/mol. The number of nitrogens with zero attached hydrogens (tertiary/aromatic N) is 18. The van der Waals surface area contributed by atoms with Crippen molar-refractivity contribution in [3.8, 4) is 0 Å². The van der Waals surface area contributed by atoms with Gasteiger partial charge in [-0.3, -0.25) is 14.9 Å². The first kappa shape index (κ1) is 70.1. The average molecular weight is 1070 g/mol. The Labute approximate surface area is 442 Å². The van der Waals surface area contributed by atoms with Crippen LogP contribution < -0.4 is 0 Å². The van der Waals surface area contributed by atoms with Crippen molar-refractivity contribution in [2.75, 3.05) is 0 Å². The van der Waals surface area contributed by atoms with Crippen molar-refractivity contribution in [3.05, 3.63) is 134 Å². The zero-order chi connectivity index (χ0) is 56.1. The van der Waals surface area contributed by atoms with Gasteiger partial charge in [0.2, 0.25) is 11.8 Å². The van der Waals surface area contributed by atoms with Crippen molar-refractivity contribution < 1.29 is 17.9 Å². The summed E-state index contributed by atoms with van der Waals surface area (Å²) in [6.45, 7) is 42.2. The second kappa shape index (κ2) is 44.8. The van der Waals surface area contributed by atoms with E-state index in [-0.39, 0.29) is 0 Å². The van der Waals surface area contributed by atoms with Gasteiger partial charge in [0.1, 0.15) is 70.1 Å². The molecule has 0 fully saturated rings. The summed E-state index contributed by atoms with van der Waals surface area (Å²) in [6, 6.07) is 0. The molecular formula is C46H78N20O4S3. The van der Waals surface area contributed by atoms with Crippen LogP contribution in [0.15, 0.2) is 61.5 Å². The Morgan fingerprint density at radius 2 is 0.890 bits per heavy atom. The third-order valence-electron chi connectivity index (χ3n) is 7.08. The van der Waals surface area contributed by atoms with Crippen LogP contribution in [0.1, 0.15) is 132 Å². The highest BCUT2D eigenvalue weighted by Crippen LogP contribution is 2.08. The third-order valence-corrected chi connectivity index (χ3v) is 9.36. The van der Waals surface area contributed by atoms with Gasteiger partial charge < -0.3 is 17.9 Å². The number of aryl methyl sites for hydroxylation is 17. The summed E-state index contributed by atoms with van der Waals surface area (Å²) in [5, 5.41) is 25.3.